The van der Waals surface area contributed by atoms with E-state index in [2.05, 4.69) is 91.0 Å². The van der Waals surface area contributed by atoms with Crippen LogP contribution in [0.2, 0.25) is 0 Å². The van der Waals surface area contributed by atoms with Gasteiger partial charge in [-0.1, -0.05) is 0 Å². The second kappa shape index (κ2) is 10.0. The first-order valence-corrected chi connectivity index (χ1v) is 13.1. The van der Waals surface area contributed by atoms with Gasteiger partial charge in [-0.25, -0.2) is 0 Å². The first kappa shape index (κ1) is 22.2. The summed E-state index contributed by atoms with van der Waals surface area (Å²) in [5, 5.41) is 4.24. The van der Waals surface area contributed by atoms with Gasteiger partial charge in [0.1, 0.15) is 0 Å². The van der Waals surface area contributed by atoms with E-state index in [-0.39, 0.29) is 5.97 Å². The quantitative estimate of drug-likeness (QED) is 0.356. The summed E-state index contributed by atoms with van der Waals surface area (Å²) < 4.78 is 5.32. The molecule has 3 heteroatoms. The average Bonchev–Trinajstić information content (AvgIpc) is 2.79. The monoisotopic (exact) mass is 420 g/mol. The zero-order chi connectivity index (χ0) is 21.5. The fraction of sp³-hybridized carbons (Fsp3) is 0.296. The van der Waals surface area contributed by atoms with E-state index in [1.807, 2.05) is 20.8 Å². The predicted molar refractivity (Wildman–Crippen MR) is 131 cm³/mol. The van der Waals surface area contributed by atoms with Crippen LogP contribution in [-0.2, 0) is 9.53 Å². The van der Waals surface area contributed by atoms with Gasteiger partial charge in [0, 0.05) is 0 Å². The van der Waals surface area contributed by atoms with Gasteiger partial charge in [-0.2, -0.15) is 0 Å². The molecular weight excluding hydrogens is 387 g/mol. The van der Waals surface area contributed by atoms with Gasteiger partial charge in [0.2, 0.25) is 0 Å². The average molecular weight is 421 g/mol. The van der Waals surface area contributed by atoms with Crippen LogP contribution in [0.15, 0.2) is 91.0 Å². The van der Waals surface area contributed by atoms with Crippen LogP contribution >= 0.6 is 7.26 Å². The zero-order valence-electron chi connectivity index (χ0n) is 18.3. The van der Waals surface area contributed by atoms with Gasteiger partial charge < -0.3 is 0 Å². The Labute approximate surface area is 181 Å². The molecule has 158 valence electrons. The van der Waals surface area contributed by atoms with Crippen LogP contribution in [0.1, 0.15) is 33.6 Å². The molecule has 0 aliphatic rings. The van der Waals surface area contributed by atoms with Crippen molar-refractivity contribution < 1.29 is 9.53 Å². The third-order valence-electron chi connectivity index (χ3n) is 5.98. The molecule has 0 atom stereocenters. The van der Waals surface area contributed by atoms with Crippen LogP contribution in [0.4, 0.5) is 0 Å². The van der Waals surface area contributed by atoms with E-state index in [4.69, 9.17) is 4.74 Å². The number of rotatable bonds is 9. The van der Waals surface area contributed by atoms with Crippen LogP contribution in [0.25, 0.3) is 0 Å². The Hall–Kier alpha value is -2.44. The van der Waals surface area contributed by atoms with Crippen molar-refractivity contribution in [3.63, 3.8) is 0 Å². The van der Waals surface area contributed by atoms with E-state index >= 15 is 0 Å². The van der Waals surface area contributed by atoms with Crippen molar-refractivity contribution in [1.82, 2.24) is 0 Å². The van der Waals surface area contributed by atoms with Crippen LogP contribution < -0.4 is 15.9 Å². The zero-order valence-corrected chi connectivity index (χ0v) is 19.3. The molecule has 0 amide bonds. The summed E-state index contributed by atoms with van der Waals surface area (Å²) in [6.07, 6.45) is 2.83. The van der Waals surface area contributed by atoms with E-state index in [1.165, 1.54) is 15.9 Å². The van der Waals surface area contributed by atoms with E-state index in [9.17, 15) is 4.79 Å². The van der Waals surface area contributed by atoms with Gasteiger partial charge in [0.15, 0.2) is 0 Å². The molecule has 0 heterocycles. The minimum atomic E-state index is -2.23. The molecule has 0 saturated carbocycles. The van der Waals surface area contributed by atoms with Gasteiger partial charge >= 0.3 is 181 Å². The van der Waals surface area contributed by atoms with Crippen molar-refractivity contribution in [2.75, 3.05) is 12.8 Å². The number of ether oxygens (including phenoxy) is 1. The standard InChI is InChI=1S/C27H33O2P/c1-4-29-26(28)27(2,3)21-14-22-30(23-15-8-5-9-16-23,24-17-10-6-11-18-24)25-19-12-7-13-20-25/h5-13,15-20,30H,4,14,21-22H2,1-3H3. The van der Waals surface area contributed by atoms with E-state index in [0.29, 0.717) is 6.61 Å². The Morgan fingerprint density at radius 2 is 1.17 bits per heavy atom. The second-order valence-corrected chi connectivity index (χ2v) is 12.5. The van der Waals surface area contributed by atoms with Crippen molar-refractivity contribution in [1.29, 1.82) is 0 Å². The molecule has 0 saturated heterocycles. The molecule has 30 heavy (non-hydrogen) atoms. The Morgan fingerprint density at radius 1 is 0.767 bits per heavy atom. The first-order chi connectivity index (χ1) is 14.5. The molecule has 0 aliphatic heterocycles. The fourth-order valence-electron chi connectivity index (χ4n) is 4.33. The van der Waals surface area contributed by atoms with Crippen molar-refractivity contribution in [3.8, 4) is 0 Å². The second-order valence-electron chi connectivity index (χ2n) is 8.46. The van der Waals surface area contributed by atoms with Crippen molar-refractivity contribution in [2.45, 2.75) is 33.6 Å². The van der Waals surface area contributed by atoms with E-state index in [0.717, 1.165) is 19.0 Å². The van der Waals surface area contributed by atoms with Gasteiger partial charge in [-0.3, -0.25) is 0 Å². The molecule has 0 unspecified atom stereocenters. The molecule has 3 rings (SSSR count). The molecule has 0 radical (unpaired) electrons. The fourth-order valence-corrected chi connectivity index (χ4v) is 9.18. The van der Waals surface area contributed by atoms with Crippen molar-refractivity contribution in [3.05, 3.63) is 91.0 Å². The van der Waals surface area contributed by atoms with Gasteiger partial charge in [0.25, 0.3) is 0 Å². The normalized spacial score (nSPS) is 12.4. The molecule has 0 aliphatic carbocycles. The summed E-state index contributed by atoms with van der Waals surface area (Å²) >= 11 is 0. The number of hydrogen-bond donors (Lipinski definition) is 0. The topological polar surface area (TPSA) is 26.3 Å². The third kappa shape index (κ3) is 4.82. The summed E-state index contributed by atoms with van der Waals surface area (Å²) in [4.78, 5) is 12.4. The van der Waals surface area contributed by atoms with Gasteiger partial charge in [-0.15, -0.1) is 0 Å². The molecule has 3 aromatic carbocycles. The van der Waals surface area contributed by atoms with Crippen LogP contribution in [0.5, 0.6) is 0 Å². The van der Waals surface area contributed by atoms with Crippen LogP contribution in [-0.4, -0.2) is 18.7 Å². The van der Waals surface area contributed by atoms with Gasteiger partial charge in [-0.05, 0) is 0 Å². The number of benzene rings is 3. The maximum absolute atomic E-state index is 12.4. The molecule has 0 bridgehead atoms. The summed E-state index contributed by atoms with van der Waals surface area (Å²) in [6.45, 7) is 6.30. The Bertz CT molecular complexity index is 824. The van der Waals surface area contributed by atoms with E-state index in [1.54, 1.807) is 0 Å². The number of carbonyl (C=O) groups excluding carboxylic acids is 1. The number of hydrogen-bond acceptors (Lipinski definition) is 2. The Morgan fingerprint density at radius 3 is 1.53 bits per heavy atom. The summed E-state index contributed by atoms with van der Waals surface area (Å²) in [6, 6.07) is 32.8. The summed E-state index contributed by atoms with van der Waals surface area (Å²) in [7, 11) is -2.23. The van der Waals surface area contributed by atoms with E-state index < -0.39 is 12.7 Å². The third-order valence-corrected chi connectivity index (χ3v) is 11.0. The molecule has 2 nitrogen and oxygen atoms in total. The molecule has 3 aromatic rings. The SMILES string of the molecule is CCOC(=O)C(C)(C)CCC[PH](c1ccccc1)(c1ccccc1)c1ccccc1. The van der Waals surface area contributed by atoms with Crippen molar-refractivity contribution in [2.24, 2.45) is 5.41 Å². The summed E-state index contributed by atoms with van der Waals surface area (Å²) in [5.41, 5.74) is -0.472. The molecule has 0 N–H and O–H groups in total. The molecular formula is C27H33O2P. The molecule has 0 fully saturated rings. The Balaban J connectivity index is 2.03. The minimum absolute atomic E-state index is 0.101. The van der Waals surface area contributed by atoms with Gasteiger partial charge in [0.05, 0.1) is 0 Å². The van der Waals surface area contributed by atoms with Crippen LogP contribution in [0, 0.1) is 5.41 Å². The first-order valence-electron chi connectivity index (χ1n) is 10.8. The number of esters is 1. The Kier molecular flexibility index (Phi) is 7.45. The van der Waals surface area contributed by atoms with Crippen LogP contribution in [0.3, 0.4) is 0 Å². The molecule has 0 spiro atoms. The maximum atomic E-state index is 12.4. The number of carbonyl (C=O) groups is 1. The predicted octanol–water partition coefficient (Wildman–Crippen LogP) is 5.08. The molecule has 0 aromatic heterocycles. The van der Waals surface area contributed by atoms with Crippen molar-refractivity contribution >= 4 is 29.1 Å². The summed E-state index contributed by atoms with van der Waals surface area (Å²) in [5.74, 6) is -0.101.